The molecule has 2 aromatic heterocycles. The molecule has 50 heavy (non-hydrogen) atoms. The molecule has 3 amide bonds. The molecule has 1 atom stereocenters. The van der Waals surface area contributed by atoms with Gasteiger partial charge in [0.2, 0.25) is 17.6 Å². The monoisotopic (exact) mass is 677 g/mol. The molecule has 3 aromatic carbocycles. The fraction of sp³-hybridized carbons (Fsp3) is 0.378. The maximum Gasteiger partial charge on any atom is 0.407 e. The maximum absolute atomic E-state index is 14.4. The first-order chi connectivity index (χ1) is 23.9. The minimum absolute atomic E-state index is 0.153. The lowest BCUT2D eigenvalue weighted by atomic mass is 9.81. The highest BCUT2D eigenvalue weighted by Crippen LogP contribution is 2.33. The molecule has 6 rings (SSSR count). The van der Waals surface area contributed by atoms with E-state index in [4.69, 9.17) is 10.5 Å². The molecule has 1 saturated carbocycles. The second kappa shape index (κ2) is 14.5. The molecule has 260 valence electrons. The number of aryl methyl sites for hydroxylation is 1. The van der Waals surface area contributed by atoms with E-state index < -0.39 is 23.6 Å². The van der Waals surface area contributed by atoms with E-state index in [-0.39, 0.29) is 24.2 Å². The van der Waals surface area contributed by atoms with Crippen molar-refractivity contribution in [2.45, 2.75) is 71.4 Å². The topological polar surface area (TPSA) is 185 Å². The number of hydrogen-bond acceptors (Lipinski definition) is 8. The Morgan fingerprint density at radius 2 is 1.64 bits per heavy atom. The molecule has 2 heterocycles. The van der Waals surface area contributed by atoms with Crippen LogP contribution >= 0.6 is 0 Å². The lowest BCUT2D eigenvalue weighted by Crippen LogP contribution is -2.52. The number of carbonyl (C=O) groups is 3. The van der Waals surface area contributed by atoms with Crippen molar-refractivity contribution in [3.63, 3.8) is 0 Å². The number of fused-ring (bicyclic) bond motifs is 1. The third kappa shape index (κ3) is 8.16. The fourth-order valence-corrected chi connectivity index (χ4v) is 6.56. The van der Waals surface area contributed by atoms with Gasteiger partial charge >= 0.3 is 6.09 Å². The fourth-order valence-electron chi connectivity index (χ4n) is 6.56. The number of H-pyrrole nitrogens is 2. The van der Waals surface area contributed by atoms with Gasteiger partial charge in [0.05, 0.1) is 11.0 Å². The van der Waals surface area contributed by atoms with Gasteiger partial charge in [-0.1, -0.05) is 30.3 Å². The number of alkyl carbamates (subject to hydrolysis) is 1. The Labute approximate surface area is 290 Å². The number of aromatic nitrogens is 6. The van der Waals surface area contributed by atoms with Gasteiger partial charge in [-0.05, 0) is 118 Å². The van der Waals surface area contributed by atoms with Crippen LogP contribution in [-0.4, -0.2) is 66.7 Å². The van der Waals surface area contributed by atoms with Gasteiger partial charge in [-0.3, -0.25) is 14.5 Å². The van der Waals surface area contributed by atoms with E-state index in [0.717, 1.165) is 46.4 Å². The SMILES string of the molecule is Cc1nc2ccc(-c3ccc(C[C@@H](C(N)=O)N(C(=O)C4CCC(CNC(=O)OC(C)(C)C)CC4)c4ccc(-c5nn[nH]n5)cc4)cc3)cc2[nH]1. The van der Waals surface area contributed by atoms with Crippen molar-refractivity contribution >= 4 is 34.6 Å². The molecule has 5 N–H and O–H groups in total. The van der Waals surface area contributed by atoms with E-state index >= 15 is 0 Å². The smallest absolute Gasteiger partial charge is 0.407 e. The van der Waals surface area contributed by atoms with E-state index in [9.17, 15) is 14.4 Å². The zero-order valence-electron chi connectivity index (χ0n) is 28.8. The van der Waals surface area contributed by atoms with E-state index in [2.05, 4.69) is 42.0 Å². The lowest BCUT2D eigenvalue weighted by Gasteiger charge is -2.36. The number of aromatic amines is 2. The minimum atomic E-state index is -0.930. The van der Waals surface area contributed by atoms with Crippen LogP contribution in [0.5, 0.6) is 0 Å². The van der Waals surface area contributed by atoms with Crippen LogP contribution in [0.4, 0.5) is 10.5 Å². The van der Waals surface area contributed by atoms with Crippen molar-refractivity contribution < 1.29 is 19.1 Å². The Bertz CT molecular complexity index is 1940. The van der Waals surface area contributed by atoms with Gasteiger partial charge in [0.15, 0.2) is 0 Å². The molecule has 13 heteroatoms. The van der Waals surface area contributed by atoms with Gasteiger partial charge in [0.1, 0.15) is 17.5 Å². The first-order valence-corrected chi connectivity index (χ1v) is 16.9. The Morgan fingerprint density at radius 1 is 0.960 bits per heavy atom. The zero-order valence-corrected chi connectivity index (χ0v) is 28.8. The third-order valence-electron chi connectivity index (χ3n) is 9.07. The normalized spacial score (nSPS) is 16.9. The molecular formula is C37H43N9O4. The van der Waals surface area contributed by atoms with Gasteiger partial charge < -0.3 is 20.8 Å². The van der Waals surface area contributed by atoms with E-state index in [1.807, 2.05) is 64.1 Å². The molecule has 13 nitrogen and oxygen atoms in total. The molecule has 0 unspecified atom stereocenters. The number of carbonyl (C=O) groups excluding carboxylic acids is 3. The highest BCUT2D eigenvalue weighted by molar-refractivity contribution is 6.02. The van der Waals surface area contributed by atoms with Crippen molar-refractivity contribution in [2.75, 3.05) is 11.4 Å². The summed E-state index contributed by atoms with van der Waals surface area (Å²) in [6.45, 7) is 7.88. The van der Waals surface area contributed by atoms with Crippen LogP contribution in [0.15, 0.2) is 66.7 Å². The Hall–Kier alpha value is -5.59. The number of imidazole rings is 1. The number of rotatable bonds is 10. The maximum atomic E-state index is 14.4. The van der Waals surface area contributed by atoms with Gasteiger partial charge in [0.25, 0.3) is 0 Å². The number of nitrogens with one attached hydrogen (secondary N) is 3. The lowest BCUT2D eigenvalue weighted by molar-refractivity contribution is -0.127. The van der Waals surface area contributed by atoms with Crippen molar-refractivity contribution in [1.29, 1.82) is 0 Å². The molecular weight excluding hydrogens is 634 g/mol. The van der Waals surface area contributed by atoms with Crippen molar-refractivity contribution in [1.82, 2.24) is 35.9 Å². The Kier molecular flexibility index (Phi) is 9.93. The summed E-state index contributed by atoms with van der Waals surface area (Å²) in [5, 5.41) is 17.0. The molecule has 0 spiro atoms. The molecule has 1 fully saturated rings. The Balaban J connectivity index is 1.20. The highest BCUT2D eigenvalue weighted by Gasteiger charge is 2.36. The standard InChI is InChI=1S/C37H43N9O4/c1-22-40-30-18-15-28(20-31(30)41-22)25-9-5-23(6-10-25)19-32(33(38)47)46(29-16-13-26(14-17-29)34-42-44-45-43-34)35(48)27-11-7-24(8-12-27)21-39-36(49)50-37(2,3)4/h5-6,9-10,13-18,20,24,27,32H,7-8,11-12,19,21H2,1-4H3,(H2,38,47)(H,39,49)(H,40,41)(H,42,43,44,45)/t24?,27?,32-/m0/s1. The molecule has 1 aliphatic carbocycles. The molecule has 0 saturated heterocycles. The molecule has 0 aliphatic heterocycles. The number of benzene rings is 3. The van der Waals surface area contributed by atoms with Crippen LogP contribution in [0.1, 0.15) is 57.8 Å². The van der Waals surface area contributed by atoms with E-state index in [1.54, 1.807) is 29.2 Å². The van der Waals surface area contributed by atoms with Crippen LogP contribution < -0.4 is 16.0 Å². The zero-order chi connectivity index (χ0) is 35.4. The van der Waals surface area contributed by atoms with Gasteiger partial charge in [0, 0.05) is 30.1 Å². The van der Waals surface area contributed by atoms with E-state index in [1.165, 1.54) is 0 Å². The average Bonchev–Trinajstić information content (AvgIpc) is 3.76. The van der Waals surface area contributed by atoms with Crippen LogP contribution in [0.25, 0.3) is 33.5 Å². The van der Waals surface area contributed by atoms with Crippen molar-refractivity contribution in [3.05, 3.63) is 78.1 Å². The summed E-state index contributed by atoms with van der Waals surface area (Å²) < 4.78 is 5.37. The number of ether oxygens (including phenoxy) is 1. The first kappa shape index (κ1) is 34.3. The van der Waals surface area contributed by atoms with Crippen LogP contribution in [0.3, 0.4) is 0 Å². The quantitative estimate of drug-likeness (QED) is 0.150. The molecule has 5 aromatic rings. The number of amides is 3. The highest BCUT2D eigenvalue weighted by atomic mass is 16.6. The predicted molar refractivity (Wildman–Crippen MR) is 190 cm³/mol. The van der Waals surface area contributed by atoms with Crippen LogP contribution in [0, 0.1) is 18.8 Å². The number of primary amides is 1. The summed E-state index contributed by atoms with van der Waals surface area (Å²) in [5.41, 5.74) is 11.6. The summed E-state index contributed by atoms with van der Waals surface area (Å²) in [7, 11) is 0. The molecule has 0 radical (unpaired) electrons. The van der Waals surface area contributed by atoms with Crippen molar-refractivity contribution in [3.8, 4) is 22.5 Å². The number of tetrazole rings is 1. The predicted octanol–water partition coefficient (Wildman–Crippen LogP) is 5.48. The second-order valence-corrected chi connectivity index (χ2v) is 14.0. The largest absolute Gasteiger partial charge is 0.444 e. The third-order valence-corrected chi connectivity index (χ3v) is 9.07. The average molecular weight is 678 g/mol. The first-order valence-electron chi connectivity index (χ1n) is 16.9. The van der Waals surface area contributed by atoms with E-state index in [0.29, 0.717) is 36.5 Å². The number of hydrogen-bond donors (Lipinski definition) is 4. The van der Waals surface area contributed by atoms with Crippen LogP contribution in [0.2, 0.25) is 0 Å². The number of nitrogens with two attached hydrogens (primary N) is 1. The van der Waals surface area contributed by atoms with Crippen molar-refractivity contribution in [2.24, 2.45) is 17.6 Å². The summed E-state index contributed by atoms with van der Waals surface area (Å²) >= 11 is 0. The number of nitrogens with zero attached hydrogens (tertiary/aromatic N) is 5. The summed E-state index contributed by atoms with van der Waals surface area (Å²) in [6.07, 6.45) is 2.54. The molecule has 1 aliphatic rings. The second-order valence-electron chi connectivity index (χ2n) is 14.0. The minimum Gasteiger partial charge on any atom is -0.444 e. The van der Waals surface area contributed by atoms with Gasteiger partial charge in [-0.2, -0.15) is 5.21 Å². The summed E-state index contributed by atoms with van der Waals surface area (Å²) in [4.78, 5) is 49.1. The summed E-state index contributed by atoms with van der Waals surface area (Å²) in [6, 6.07) is 20.3. The Morgan fingerprint density at radius 3 is 2.28 bits per heavy atom. The number of anilines is 1. The summed E-state index contributed by atoms with van der Waals surface area (Å²) in [5.74, 6) is 0.435. The van der Waals surface area contributed by atoms with Crippen LogP contribution in [-0.2, 0) is 20.7 Å². The molecule has 0 bridgehead atoms. The van der Waals surface area contributed by atoms with Gasteiger partial charge in [-0.25, -0.2) is 9.78 Å². The van der Waals surface area contributed by atoms with Gasteiger partial charge in [-0.15, -0.1) is 10.2 Å².